The van der Waals surface area contributed by atoms with Gasteiger partial charge in [0.05, 0.1) is 23.7 Å². The molecule has 2 aliphatic rings. The summed E-state index contributed by atoms with van der Waals surface area (Å²) in [7, 11) is -6.78. The highest BCUT2D eigenvalue weighted by molar-refractivity contribution is 5.76. The number of esters is 1. The molecule has 1 fully saturated rings. The molecule has 6 heteroatoms. The van der Waals surface area contributed by atoms with Crippen LogP contribution >= 0.6 is 0 Å². The largest absolute Gasteiger partial charge is 0.493 e. The second-order valence-corrected chi connectivity index (χ2v) is 7.00. The fourth-order valence-electron chi connectivity index (χ4n) is 2.79. The van der Waals surface area contributed by atoms with Crippen molar-refractivity contribution in [3.63, 3.8) is 0 Å². The first kappa shape index (κ1) is 7.66. The molecule has 30 heavy (non-hydrogen) atoms. The highest BCUT2D eigenvalue weighted by Gasteiger charge is 2.41. The van der Waals surface area contributed by atoms with E-state index in [1.165, 1.54) is 13.8 Å². The molecule has 0 saturated carbocycles. The van der Waals surface area contributed by atoms with Gasteiger partial charge in [0.15, 0.2) is 11.5 Å². The molecule has 1 aromatic carbocycles. The predicted octanol–water partition coefficient (Wildman–Crippen LogP) is 3.56. The number of hydrogen-bond donors (Lipinski definition) is 1. The van der Waals surface area contributed by atoms with Crippen LogP contribution in [-0.2, 0) is 15.9 Å². The Morgan fingerprint density at radius 1 is 1.40 bits per heavy atom. The summed E-state index contributed by atoms with van der Waals surface area (Å²) in [5, 5.41) is 0. The maximum Gasteiger partial charge on any atom is 0.323 e. The van der Waals surface area contributed by atoms with Gasteiger partial charge in [0.2, 0.25) is 0 Å². The van der Waals surface area contributed by atoms with E-state index in [9.17, 15) is 13.0 Å². The van der Waals surface area contributed by atoms with Crippen molar-refractivity contribution in [1.29, 1.82) is 0 Å². The number of aryl methyl sites for hydroxylation is 1. The lowest BCUT2D eigenvalue weighted by atomic mass is 9.79. The topological polar surface area (TPSA) is 74.0 Å². The van der Waals surface area contributed by atoms with E-state index in [2.05, 4.69) is 0 Å². The molecule has 2 N–H and O–H groups in total. The summed E-state index contributed by atoms with van der Waals surface area (Å²) >= 11 is 0. The SMILES string of the molecule is [2H]C([2H])([2H])Oc1cc2c(cc1OC([2H])([2H])[2H])C([2H])([2H])C([2H])([2H])N1C2C([2H])([2H])C([2H])(OC(=O)[C@@H](N)C(C)C)C([2H])(C([2H])([2H])C([2H])(C)C([2H])([2H])[2H])C1([2H])[2H]. The third kappa shape index (κ3) is 4.75. The lowest BCUT2D eigenvalue weighted by molar-refractivity contribution is -0.160. The molecule has 2 heterocycles. The van der Waals surface area contributed by atoms with Gasteiger partial charge in [0, 0.05) is 51.9 Å². The van der Waals surface area contributed by atoms with Gasteiger partial charge in [0.25, 0.3) is 0 Å². The summed E-state index contributed by atoms with van der Waals surface area (Å²) in [5.41, 5.74) is 3.90. The minimum absolute atomic E-state index is 0.338. The molecular formula is C24H38N2O4. The van der Waals surface area contributed by atoms with Crippen LogP contribution in [0.5, 0.6) is 11.5 Å². The molecule has 0 spiro atoms. The third-order valence-electron chi connectivity index (χ3n) is 4.43. The number of benzene rings is 1. The van der Waals surface area contributed by atoms with E-state index < -0.39 is 118 Å². The Morgan fingerprint density at radius 3 is 2.80 bits per heavy atom. The Kier molecular flexibility index (Phi) is 2.44. The molecule has 4 unspecified atom stereocenters. The van der Waals surface area contributed by atoms with Crippen LogP contribution in [0.1, 0.15) is 87.7 Å². The zero-order valence-electron chi connectivity index (χ0n) is 38.5. The van der Waals surface area contributed by atoms with Crippen molar-refractivity contribution in [2.75, 3.05) is 27.1 Å². The highest BCUT2D eigenvalue weighted by Crippen LogP contribution is 2.44. The van der Waals surface area contributed by atoms with Crippen LogP contribution in [0, 0.1) is 17.7 Å². The van der Waals surface area contributed by atoms with Gasteiger partial charge in [-0.2, -0.15) is 0 Å². The average Bonchev–Trinajstić information content (AvgIpc) is 2.91. The zero-order valence-corrected chi connectivity index (χ0v) is 16.5. The number of hydrogen-bond acceptors (Lipinski definition) is 6. The number of fused-ring (bicyclic) bond motifs is 3. The van der Waals surface area contributed by atoms with Crippen molar-refractivity contribution in [3.8, 4) is 11.5 Å². The number of nitrogens with two attached hydrogens (primary N) is 1. The van der Waals surface area contributed by atoms with Crippen molar-refractivity contribution in [3.05, 3.63) is 23.3 Å². The molecule has 0 amide bonds. The Morgan fingerprint density at radius 2 is 2.13 bits per heavy atom. The van der Waals surface area contributed by atoms with E-state index in [0.717, 1.165) is 0 Å². The number of nitrogens with zero attached hydrogens (tertiary/aromatic N) is 1. The highest BCUT2D eigenvalue weighted by atomic mass is 16.5. The summed E-state index contributed by atoms with van der Waals surface area (Å²) in [6, 6.07) is -3.67. The van der Waals surface area contributed by atoms with Gasteiger partial charge in [-0.25, -0.2) is 0 Å². The van der Waals surface area contributed by atoms with Crippen molar-refractivity contribution in [2.24, 2.45) is 23.4 Å². The minimum Gasteiger partial charge on any atom is -0.493 e. The number of methoxy groups -OCH3 is 2. The van der Waals surface area contributed by atoms with Gasteiger partial charge in [-0.15, -0.1) is 0 Å². The lowest BCUT2D eigenvalue weighted by Gasteiger charge is -2.47. The van der Waals surface area contributed by atoms with Gasteiger partial charge in [0.1, 0.15) is 12.1 Å². The fraction of sp³-hybridized carbons (Fsp3) is 0.708. The van der Waals surface area contributed by atoms with E-state index in [-0.39, 0.29) is 4.90 Å². The van der Waals surface area contributed by atoms with Crippen molar-refractivity contribution >= 4 is 5.97 Å². The number of carbonyl (C=O) groups excluding carboxylic acids is 1. The first-order chi connectivity index (χ1) is 22.6. The summed E-state index contributed by atoms with van der Waals surface area (Å²) in [4.78, 5) is 13.1. The average molecular weight is 441 g/mol. The smallest absolute Gasteiger partial charge is 0.323 e. The Hall–Kier alpha value is -1.79. The minimum atomic E-state index is -4.53. The number of piperidine rings is 1. The summed E-state index contributed by atoms with van der Waals surface area (Å²) in [6.07, 6.45) is -16.4. The van der Waals surface area contributed by atoms with Crippen LogP contribution in [0.2, 0.25) is 0 Å². The van der Waals surface area contributed by atoms with Crippen LogP contribution in [0.25, 0.3) is 0 Å². The first-order valence-corrected chi connectivity index (χ1v) is 8.98. The summed E-state index contributed by atoms with van der Waals surface area (Å²) in [5.74, 6) is -12.9. The van der Waals surface area contributed by atoms with E-state index in [4.69, 9.17) is 41.9 Å². The molecule has 3 rings (SSSR count). The second-order valence-electron chi connectivity index (χ2n) is 7.00. The number of rotatable bonds is 7. The summed E-state index contributed by atoms with van der Waals surface area (Å²) in [6.45, 7) is -9.00. The Labute approximate surface area is 211 Å². The van der Waals surface area contributed by atoms with E-state index in [1.807, 2.05) is 0 Å². The molecule has 5 atom stereocenters. The van der Waals surface area contributed by atoms with Crippen LogP contribution in [0.4, 0.5) is 0 Å². The molecule has 168 valence electrons. The Balaban J connectivity index is 2.67. The zero-order chi connectivity index (χ0) is 41.2. The molecule has 0 bridgehead atoms. The first-order valence-electron chi connectivity index (χ1n) is 20.0. The van der Waals surface area contributed by atoms with Crippen LogP contribution in [0.15, 0.2) is 12.1 Å². The molecular weight excluding hydrogens is 380 g/mol. The van der Waals surface area contributed by atoms with Crippen LogP contribution < -0.4 is 15.2 Å². The standard InChI is InChI=1S/C24H38N2O4/c1-14(2)9-17-13-26-8-7-16-10-21(28-5)22(29-6)11-18(16)19(26)12-20(17)30-24(27)23(25)15(3)4/h10-11,14-15,17,19-20,23H,7-9,12-13,25H2,1-6H3/t17?,19?,20?,23-/m0/s1/i1D3,5D3,6D3,7D2,8D2,9D2,12D2,13D2,14D,17D,20D/t14?,17?,19?,20?,23-. The normalized spacial score (nSPS) is 51.0. The fourth-order valence-corrected chi connectivity index (χ4v) is 2.79. The Bertz CT molecular complexity index is 1570. The van der Waals surface area contributed by atoms with Crippen molar-refractivity contribution in [1.82, 2.24) is 4.90 Å². The van der Waals surface area contributed by atoms with E-state index in [0.29, 0.717) is 19.1 Å². The number of ether oxygens (including phenoxy) is 3. The van der Waals surface area contributed by atoms with E-state index in [1.54, 1.807) is 0 Å². The van der Waals surface area contributed by atoms with Crippen LogP contribution in [-0.4, -0.2) is 50.1 Å². The van der Waals surface area contributed by atoms with Gasteiger partial charge >= 0.3 is 5.97 Å². The maximum atomic E-state index is 13.4. The number of carbonyl (C=O) groups is 1. The molecule has 0 aliphatic carbocycles. The van der Waals surface area contributed by atoms with E-state index >= 15 is 0 Å². The second kappa shape index (κ2) is 9.56. The molecule has 2 aliphatic heterocycles. The molecule has 1 saturated heterocycles. The molecule has 6 nitrogen and oxygen atoms in total. The molecule has 0 aromatic heterocycles. The van der Waals surface area contributed by atoms with Gasteiger partial charge in [-0.05, 0) is 47.8 Å². The maximum absolute atomic E-state index is 13.4. The van der Waals surface area contributed by atoms with Gasteiger partial charge in [-0.1, -0.05) is 27.6 Å². The quantitative estimate of drug-likeness (QED) is 0.654. The monoisotopic (exact) mass is 440 g/mol. The summed E-state index contributed by atoms with van der Waals surface area (Å²) < 4.78 is 201. The molecule has 1 aromatic rings. The molecule has 0 radical (unpaired) electrons. The van der Waals surface area contributed by atoms with Crippen molar-refractivity contribution in [2.45, 2.75) is 64.9 Å². The predicted molar refractivity (Wildman–Crippen MR) is 118 cm³/mol. The third-order valence-corrected chi connectivity index (χ3v) is 4.43. The van der Waals surface area contributed by atoms with Gasteiger partial charge in [-0.3, -0.25) is 9.69 Å². The lowest BCUT2D eigenvalue weighted by Crippen LogP contribution is -2.51. The van der Waals surface area contributed by atoms with Crippen LogP contribution in [0.3, 0.4) is 0 Å². The van der Waals surface area contributed by atoms with Gasteiger partial charge < -0.3 is 19.9 Å². The van der Waals surface area contributed by atoms with Crippen molar-refractivity contribution < 1.29 is 49.2 Å².